The Bertz CT molecular complexity index is 2640. The standard InChI is InChI=1S/C45H52F2N12O6S/c1-4-54(2)66-53-35-8-6-32(46)40(31(35)24-48)65-28-5-7-34-29(19-28)42(62)59(26-49-34)27-22-44(50-25-27)10-15-57(16-11-44)39(61)23-45(64)12-17-56(18-13-45)37-21-36-30(20-33(37)47)41(52-55(36)3)58-14-9-38(60)51-43(58)63/h5-8,19-21,27,49-50,53,64H,4,9-18,22-23,25-26H2,1-3H3,(H,51,60,63). The lowest BCUT2D eigenvalue weighted by molar-refractivity contribution is -0.139. The fourth-order valence-electron chi connectivity index (χ4n) is 9.68. The van der Waals surface area contributed by atoms with Gasteiger partial charge in [0.1, 0.15) is 23.2 Å². The summed E-state index contributed by atoms with van der Waals surface area (Å²) in [4.78, 5) is 58.7. The van der Waals surface area contributed by atoms with Gasteiger partial charge in [-0.1, -0.05) is 6.92 Å². The number of aliphatic hydroxyl groups is 1. The number of urea groups is 1. The SMILES string of the molecule is CCN(C)SNc1ccc(F)c(Oc2ccc3c(c2)C(=O)N(C2CNC4(CCN(C(=O)CC5(O)CCN(c6cc7c(cc6F)c(N6CCC(=O)NC6=O)nn7C)CC5)CC4)C2)CN3)c1C#N. The van der Waals surface area contributed by atoms with Crippen molar-refractivity contribution in [3.63, 3.8) is 0 Å². The van der Waals surface area contributed by atoms with Gasteiger partial charge in [0.2, 0.25) is 11.8 Å². The summed E-state index contributed by atoms with van der Waals surface area (Å²) >= 11 is 1.27. The first-order valence-corrected chi connectivity index (χ1v) is 23.0. The smallest absolute Gasteiger partial charge is 0.329 e. The molecule has 5 amide bonds. The lowest BCUT2D eigenvalue weighted by atomic mass is 9.83. The van der Waals surface area contributed by atoms with Crippen LogP contribution in [0.5, 0.6) is 11.5 Å². The summed E-state index contributed by atoms with van der Waals surface area (Å²) in [6.07, 6.45) is 2.65. The molecular weight excluding hydrogens is 875 g/mol. The Kier molecular flexibility index (Phi) is 12.2. The van der Waals surface area contributed by atoms with Crippen LogP contribution in [0, 0.1) is 23.0 Å². The van der Waals surface area contributed by atoms with Crippen molar-refractivity contribution >= 4 is 69.7 Å². The van der Waals surface area contributed by atoms with Crippen molar-refractivity contribution in [2.75, 3.05) is 79.4 Å². The third-order valence-corrected chi connectivity index (χ3v) is 14.6. The van der Waals surface area contributed by atoms with Gasteiger partial charge in [0.15, 0.2) is 17.4 Å². The number of anilines is 4. The molecule has 5 aliphatic rings. The van der Waals surface area contributed by atoms with Crippen molar-refractivity contribution in [1.29, 1.82) is 5.26 Å². The molecule has 4 saturated heterocycles. The third kappa shape index (κ3) is 8.65. The minimum atomic E-state index is -1.25. The molecule has 348 valence electrons. The molecular formula is C45H52F2N12O6S. The van der Waals surface area contributed by atoms with E-state index in [1.807, 2.05) is 29.2 Å². The van der Waals surface area contributed by atoms with Crippen LogP contribution in [-0.4, -0.2) is 129 Å². The van der Waals surface area contributed by atoms with Gasteiger partial charge >= 0.3 is 6.03 Å². The molecule has 6 heterocycles. The van der Waals surface area contributed by atoms with Crippen LogP contribution in [0.15, 0.2) is 42.5 Å². The van der Waals surface area contributed by atoms with Gasteiger partial charge in [-0.2, -0.15) is 10.4 Å². The second kappa shape index (κ2) is 17.9. The Hall–Kier alpha value is -6.21. The monoisotopic (exact) mass is 926 g/mol. The minimum Gasteiger partial charge on any atom is -0.453 e. The highest BCUT2D eigenvalue weighted by molar-refractivity contribution is 7.98. The number of nitrogens with one attached hydrogen (secondary N) is 4. The number of hydrogen-bond donors (Lipinski definition) is 5. The highest BCUT2D eigenvalue weighted by atomic mass is 32.2. The minimum absolute atomic E-state index is 0.00145. The number of nitrogens with zero attached hydrogens (tertiary/aromatic N) is 8. The molecule has 18 nitrogen and oxygen atoms in total. The number of carbonyl (C=O) groups excluding carboxylic acids is 4. The largest absolute Gasteiger partial charge is 0.453 e. The molecule has 66 heavy (non-hydrogen) atoms. The van der Waals surface area contributed by atoms with E-state index < -0.39 is 23.3 Å². The molecule has 0 saturated carbocycles. The van der Waals surface area contributed by atoms with E-state index in [4.69, 9.17) is 4.74 Å². The topological polar surface area (TPSA) is 204 Å². The number of likely N-dealkylation sites (tertiary alicyclic amines) is 1. The lowest BCUT2D eigenvalue weighted by Gasteiger charge is -2.43. The van der Waals surface area contributed by atoms with Gasteiger partial charge in [0, 0.05) is 94.1 Å². The van der Waals surface area contributed by atoms with E-state index in [-0.39, 0.29) is 84.4 Å². The lowest BCUT2D eigenvalue weighted by Crippen LogP contribution is -2.53. The number of piperidine rings is 2. The number of nitriles is 1. The summed E-state index contributed by atoms with van der Waals surface area (Å²) in [6.45, 7) is 5.37. The Labute approximate surface area is 384 Å². The van der Waals surface area contributed by atoms with E-state index in [1.54, 1.807) is 45.8 Å². The van der Waals surface area contributed by atoms with Crippen molar-refractivity contribution < 1.29 is 37.8 Å². The molecule has 21 heteroatoms. The van der Waals surface area contributed by atoms with Crippen molar-refractivity contribution in [3.05, 3.63) is 65.2 Å². The number of aromatic nitrogens is 2. The maximum Gasteiger partial charge on any atom is 0.329 e. The first-order chi connectivity index (χ1) is 31.7. The zero-order chi connectivity index (χ0) is 46.5. The molecule has 1 unspecified atom stereocenters. The predicted octanol–water partition coefficient (Wildman–Crippen LogP) is 4.86. The van der Waals surface area contributed by atoms with Gasteiger partial charge in [-0.25, -0.2) is 17.9 Å². The summed E-state index contributed by atoms with van der Waals surface area (Å²) in [5, 5.41) is 35.8. The molecule has 4 aromatic rings. The van der Waals surface area contributed by atoms with Gasteiger partial charge in [-0.15, -0.1) is 0 Å². The van der Waals surface area contributed by atoms with Crippen molar-refractivity contribution in [2.24, 2.45) is 7.05 Å². The number of hydrogen-bond acceptors (Lipinski definition) is 14. The second-order valence-corrected chi connectivity index (χ2v) is 18.8. The summed E-state index contributed by atoms with van der Waals surface area (Å²) in [7, 11) is 3.58. The van der Waals surface area contributed by atoms with Crippen LogP contribution in [0.2, 0.25) is 0 Å². The van der Waals surface area contributed by atoms with E-state index in [0.717, 1.165) is 6.54 Å². The Morgan fingerprint density at radius 3 is 2.56 bits per heavy atom. The number of rotatable bonds is 11. The van der Waals surface area contributed by atoms with Crippen LogP contribution in [0.25, 0.3) is 10.9 Å². The van der Waals surface area contributed by atoms with Crippen molar-refractivity contribution in [1.82, 2.24) is 34.5 Å². The van der Waals surface area contributed by atoms with Crippen LogP contribution in [0.3, 0.4) is 0 Å². The van der Waals surface area contributed by atoms with Crippen LogP contribution >= 0.6 is 12.1 Å². The number of carbonyl (C=O) groups is 4. The third-order valence-electron chi connectivity index (χ3n) is 13.7. The van der Waals surface area contributed by atoms with Crippen molar-refractivity contribution in [3.8, 4) is 17.6 Å². The average Bonchev–Trinajstić information content (AvgIpc) is 3.85. The van der Waals surface area contributed by atoms with E-state index >= 15 is 8.78 Å². The zero-order valence-electron chi connectivity index (χ0n) is 37.0. The van der Waals surface area contributed by atoms with Gasteiger partial charge < -0.3 is 39.9 Å². The number of benzene rings is 3. The molecule has 0 aliphatic carbocycles. The summed E-state index contributed by atoms with van der Waals surface area (Å²) in [6, 6.07) is 12.0. The van der Waals surface area contributed by atoms with Gasteiger partial charge in [0.25, 0.3) is 5.91 Å². The maximum absolute atomic E-state index is 15.7. The Balaban J connectivity index is 0.782. The van der Waals surface area contributed by atoms with E-state index in [0.29, 0.717) is 92.2 Å². The molecule has 5 N–H and O–H groups in total. The number of amides is 5. The van der Waals surface area contributed by atoms with E-state index in [2.05, 4.69) is 25.8 Å². The van der Waals surface area contributed by atoms with Crippen LogP contribution in [-0.2, 0) is 16.6 Å². The summed E-state index contributed by atoms with van der Waals surface area (Å²) in [5.74, 6) is -1.68. The maximum atomic E-state index is 15.7. The number of fused-ring (bicyclic) bond motifs is 2. The first-order valence-electron chi connectivity index (χ1n) is 22.2. The summed E-state index contributed by atoms with van der Waals surface area (Å²) in [5.41, 5.74) is 0.810. The zero-order valence-corrected chi connectivity index (χ0v) is 37.8. The van der Waals surface area contributed by atoms with Crippen LogP contribution < -0.4 is 35.2 Å². The number of ether oxygens (including phenoxy) is 1. The first kappa shape index (κ1) is 45.0. The molecule has 1 aromatic heterocycles. The molecule has 3 aromatic carbocycles. The molecule has 0 bridgehead atoms. The quantitative estimate of drug-likeness (QED) is 0.128. The van der Waals surface area contributed by atoms with Crippen LogP contribution in [0.4, 0.5) is 36.5 Å². The number of halogens is 2. The van der Waals surface area contributed by atoms with E-state index in [1.165, 1.54) is 35.2 Å². The molecule has 1 spiro atoms. The summed E-state index contributed by atoms with van der Waals surface area (Å²) < 4.78 is 43.4. The van der Waals surface area contributed by atoms with Gasteiger partial charge in [-0.05, 0) is 81.6 Å². The number of imide groups is 1. The molecule has 1 atom stereocenters. The fraction of sp³-hybridized carbons (Fsp3) is 0.467. The van der Waals surface area contributed by atoms with Gasteiger partial charge in [-0.3, -0.25) is 29.3 Å². The molecule has 0 radical (unpaired) electrons. The molecule has 4 fully saturated rings. The molecule has 5 aliphatic heterocycles. The normalized spacial score (nSPS) is 20.4. The Morgan fingerprint density at radius 2 is 1.83 bits per heavy atom. The Morgan fingerprint density at radius 1 is 1.06 bits per heavy atom. The van der Waals surface area contributed by atoms with E-state index in [9.17, 15) is 29.5 Å². The molecule has 9 rings (SSSR count). The highest BCUT2D eigenvalue weighted by Gasteiger charge is 2.46. The predicted molar refractivity (Wildman–Crippen MR) is 244 cm³/mol. The van der Waals surface area contributed by atoms with Crippen molar-refractivity contribution in [2.45, 2.75) is 69.1 Å². The van der Waals surface area contributed by atoms with Gasteiger partial charge in [0.05, 0.1) is 41.1 Å². The second-order valence-electron chi connectivity index (χ2n) is 17.8. The fourth-order valence-corrected chi connectivity index (χ4v) is 10.2. The highest BCUT2D eigenvalue weighted by Crippen LogP contribution is 2.40. The number of aryl methyl sites for hydroxylation is 1. The van der Waals surface area contributed by atoms with Crippen LogP contribution in [0.1, 0.15) is 67.8 Å². The average molecular weight is 927 g/mol.